The number of anilines is 1. The summed E-state index contributed by atoms with van der Waals surface area (Å²) in [6, 6.07) is 3.43. The Balaban J connectivity index is 1.70. The van der Waals surface area contributed by atoms with Crippen LogP contribution in [0.15, 0.2) is 35.1 Å². The van der Waals surface area contributed by atoms with Gasteiger partial charge in [0.2, 0.25) is 5.95 Å². The van der Waals surface area contributed by atoms with Crippen LogP contribution in [-0.4, -0.2) is 25.1 Å². The zero-order valence-corrected chi connectivity index (χ0v) is 13.1. The minimum absolute atomic E-state index is 0.0631. The molecule has 3 heterocycles. The van der Waals surface area contributed by atoms with Crippen LogP contribution in [0.3, 0.4) is 0 Å². The molecule has 0 aliphatic heterocycles. The van der Waals surface area contributed by atoms with E-state index in [1.54, 1.807) is 12.3 Å². The molecule has 3 aromatic rings. The van der Waals surface area contributed by atoms with Gasteiger partial charge in [-0.25, -0.2) is 15.0 Å². The number of rotatable bonds is 5. The molecule has 0 saturated heterocycles. The van der Waals surface area contributed by atoms with Gasteiger partial charge in [0.05, 0.1) is 11.6 Å². The van der Waals surface area contributed by atoms with Crippen molar-refractivity contribution in [3.05, 3.63) is 47.3 Å². The summed E-state index contributed by atoms with van der Waals surface area (Å²) in [5, 5.41) is 10.3. The fraction of sp³-hybridized carbons (Fsp3) is 0.214. The van der Waals surface area contributed by atoms with Crippen LogP contribution >= 0.6 is 11.6 Å². The number of halogens is 3. The molecule has 0 amide bonds. The third-order valence-electron chi connectivity index (χ3n) is 3.12. The third-order valence-corrected chi connectivity index (χ3v) is 3.35. The van der Waals surface area contributed by atoms with Gasteiger partial charge in [-0.1, -0.05) is 17.7 Å². The van der Waals surface area contributed by atoms with Crippen molar-refractivity contribution in [2.45, 2.75) is 19.4 Å². The second-order valence-electron chi connectivity index (χ2n) is 4.82. The Morgan fingerprint density at radius 3 is 2.42 bits per heavy atom. The fourth-order valence-corrected chi connectivity index (χ4v) is 1.98. The van der Waals surface area contributed by atoms with Gasteiger partial charge < -0.3 is 9.73 Å². The van der Waals surface area contributed by atoms with E-state index in [1.165, 1.54) is 12.4 Å². The molecule has 3 aromatic heterocycles. The van der Waals surface area contributed by atoms with Gasteiger partial charge in [0, 0.05) is 18.6 Å². The Morgan fingerprint density at radius 1 is 1.08 bits per heavy atom. The van der Waals surface area contributed by atoms with Crippen LogP contribution < -0.4 is 5.32 Å². The van der Waals surface area contributed by atoms with Crippen molar-refractivity contribution >= 4 is 17.5 Å². The molecule has 0 spiro atoms. The third kappa shape index (κ3) is 3.62. The molecule has 124 valence electrons. The topological polar surface area (TPSA) is 89.6 Å². The summed E-state index contributed by atoms with van der Waals surface area (Å²) in [4.78, 5) is 12.2. The Bertz CT molecular complexity index is 809. The first-order valence-electron chi connectivity index (χ1n) is 6.85. The Labute approximate surface area is 140 Å². The molecule has 0 saturated carbocycles. The first-order chi connectivity index (χ1) is 11.5. The maximum absolute atomic E-state index is 12.4. The molecule has 0 aliphatic carbocycles. The maximum atomic E-state index is 12.4. The quantitative estimate of drug-likeness (QED) is 0.700. The summed E-state index contributed by atoms with van der Waals surface area (Å²) >= 11 is 5.75. The summed E-state index contributed by atoms with van der Waals surface area (Å²) in [6.45, 7) is 1.91. The highest BCUT2D eigenvalue weighted by molar-refractivity contribution is 6.29. The van der Waals surface area contributed by atoms with Crippen LogP contribution in [0.1, 0.15) is 30.8 Å². The largest absolute Gasteiger partial charge is 0.415 e. The summed E-state index contributed by atoms with van der Waals surface area (Å²) < 4.78 is 29.7. The van der Waals surface area contributed by atoms with Gasteiger partial charge in [-0.3, -0.25) is 0 Å². The predicted molar refractivity (Wildman–Crippen MR) is 81.6 cm³/mol. The fourth-order valence-electron chi connectivity index (χ4n) is 1.87. The lowest BCUT2D eigenvalue weighted by atomic mass is 10.1. The normalized spacial score (nSPS) is 12.4. The Hall–Kier alpha value is -2.68. The molecule has 10 heteroatoms. The number of nitrogens with zero attached hydrogens (tertiary/aromatic N) is 5. The summed E-state index contributed by atoms with van der Waals surface area (Å²) in [7, 11) is 0. The van der Waals surface area contributed by atoms with Crippen molar-refractivity contribution in [3.8, 4) is 11.5 Å². The number of nitrogens with one attached hydrogen (secondary N) is 1. The van der Waals surface area contributed by atoms with E-state index in [4.69, 9.17) is 16.0 Å². The lowest BCUT2D eigenvalue weighted by Gasteiger charge is -2.13. The lowest BCUT2D eigenvalue weighted by molar-refractivity contribution is 0.116. The molecule has 0 aliphatic rings. The van der Waals surface area contributed by atoms with Crippen LogP contribution in [0.2, 0.25) is 5.15 Å². The van der Waals surface area contributed by atoms with Gasteiger partial charge in [0.25, 0.3) is 11.8 Å². The van der Waals surface area contributed by atoms with E-state index in [9.17, 15) is 8.78 Å². The zero-order valence-electron chi connectivity index (χ0n) is 12.3. The number of aromatic nitrogens is 5. The second-order valence-corrected chi connectivity index (χ2v) is 5.21. The van der Waals surface area contributed by atoms with Crippen LogP contribution in [0, 0.1) is 0 Å². The predicted octanol–water partition coefficient (Wildman–Crippen LogP) is 3.69. The highest BCUT2D eigenvalue weighted by Gasteiger charge is 2.17. The smallest absolute Gasteiger partial charge is 0.314 e. The van der Waals surface area contributed by atoms with Gasteiger partial charge in [-0.05, 0) is 18.6 Å². The van der Waals surface area contributed by atoms with Crippen molar-refractivity contribution in [1.82, 2.24) is 25.1 Å². The minimum Gasteiger partial charge on any atom is -0.415 e. The average molecular weight is 353 g/mol. The monoisotopic (exact) mass is 352 g/mol. The van der Waals surface area contributed by atoms with E-state index in [1.807, 2.05) is 13.0 Å². The van der Waals surface area contributed by atoms with Gasteiger partial charge in [0.15, 0.2) is 0 Å². The molecule has 7 nitrogen and oxygen atoms in total. The van der Waals surface area contributed by atoms with Crippen molar-refractivity contribution in [2.24, 2.45) is 0 Å². The van der Waals surface area contributed by atoms with E-state index in [0.717, 1.165) is 5.56 Å². The Kier molecular flexibility index (Phi) is 4.61. The molecule has 0 unspecified atom stereocenters. The first kappa shape index (κ1) is 16.2. The van der Waals surface area contributed by atoms with E-state index in [2.05, 4.69) is 30.5 Å². The number of hydrogen-bond acceptors (Lipinski definition) is 7. The highest BCUT2D eigenvalue weighted by atomic mass is 35.5. The number of pyridine rings is 1. The second kappa shape index (κ2) is 6.83. The van der Waals surface area contributed by atoms with Crippen LogP contribution in [0.25, 0.3) is 11.5 Å². The van der Waals surface area contributed by atoms with Gasteiger partial charge in [-0.15, -0.1) is 10.2 Å². The minimum atomic E-state index is -2.82. The molecule has 0 aromatic carbocycles. The number of hydrogen-bond donors (Lipinski definition) is 1. The highest BCUT2D eigenvalue weighted by Crippen LogP contribution is 2.23. The molecule has 1 N–H and O–H groups in total. The summed E-state index contributed by atoms with van der Waals surface area (Å²) in [5.41, 5.74) is 1.26. The maximum Gasteiger partial charge on any atom is 0.314 e. The zero-order chi connectivity index (χ0) is 17.1. The lowest BCUT2D eigenvalue weighted by Crippen LogP contribution is -2.09. The van der Waals surface area contributed by atoms with Crippen molar-refractivity contribution in [3.63, 3.8) is 0 Å². The van der Waals surface area contributed by atoms with Crippen molar-refractivity contribution < 1.29 is 13.2 Å². The standard InChI is InChI=1S/C14H11ClF2N6O/c1-7(8-2-3-10(15)18-4-8)21-14-19-5-9(6-20-14)12-22-23-13(24-12)11(16)17/h2-7,11H,1H3,(H,19,20,21)/t7-/m1/s1. The van der Waals surface area contributed by atoms with Gasteiger partial charge in [-0.2, -0.15) is 8.78 Å². The SMILES string of the molecule is C[C@@H](Nc1ncc(-c2nnc(C(F)F)o2)cn1)c1ccc(Cl)nc1. The van der Waals surface area contributed by atoms with Crippen molar-refractivity contribution in [1.29, 1.82) is 0 Å². The van der Waals surface area contributed by atoms with Crippen LogP contribution in [0.4, 0.5) is 14.7 Å². The van der Waals surface area contributed by atoms with E-state index in [-0.39, 0.29) is 11.9 Å². The van der Waals surface area contributed by atoms with E-state index < -0.39 is 12.3 Å². The average Bonchev–Trinajstić information content (AvgIpc) is 3.06. The molecule has 3 rings (SSSR count). The molecule has 0 radical (unpaired) electrons. The molecular weight excluding hydrogens is 342 g/mol. The van der Waals surface area contributed by atoms with Gasteiger partial charge in [0.1, 0.15) is 5.15 Å². The Morgan fingerprint density at radius 2 is 1.83 bits per heavy atom. The molecular formula is C14H11ClF2N6O. The molecule has 24 heavy (non-hydrogen) atoms. The van der Waals surface area contributed by atoms with E-state index in [0.29, 0.717) is 16.7 Å². The van der Waals surface area contributed by atoms with Gasteiger partial charge >= 0.3 is 6.43 Å². The molecule has 1 atom stereocenters. The van der Waals surface area contributed by atoms with E-state index >= 15 is 0 Å². The van der Waals surface area contributed by atoms with Crippen LogP contribution in [0.5, 0.6) is 0 Å². The number of alkyl halides is 2. The molecule has 0 bridgehead atoms. The first-order valence-corrected chi connectivity index (χ1v) is 7.22. The molecule has 0 fully saturated rings. The van der Waals surface area contributed by atoms with Crippen LogP contribution in [-0.2, 0) is 0 Å². The summed E-state index contributed by atoms with van der Waals surface area (Å²) in [6.07, 6.45) is 1.65. The summed E-state index contributed by atoms with van der Waals surface area (Å²) in [5.74, 6) is -0.447. The van der Waals surface area contributed by atoms with Crippen molar-refractivity contribution in [2.75, 3.05) is 5.32 Å².